The number of allylic oxidation sites excluding steroid dienone is 1. The summed E-state index contributed by atoms with van der Waals surface area (Å²) in [6, 6.07) is 15.3. The van der Waals surface area contributed by atoms with Crippen LogP contribution in [0.15, 0.2) is 74.1 Å². The minimum atomic E-state index is -0.893. The van der Waals surface area contributed by atoms with E-state index >= 15 is 0 Å². The summed E-state index contributed by atoms with van der Waals surface area (Å²) in [6.45, 7) is 3.83. The molecule has 0 bridgehead atoms. The summed E-state index contributed by atoms with van der Waals surface area (Å²) in [7, 11) is 6.02. The van der Waals surface area contributed by atoms with E-state index in [2.05, 4.69) is 27.0 Å². The van der Waals surface area contributed by atoms with E-state index in [9.17, 15) is 9.59 Å². The molecule has 0 amide bonds. The number of hydrogen-bond acceptors (Lipinski definition) is 11. The third kappa shape index (κ3) is 6.67. The van der Waals surface area contributed by atoms with E-state index in [1.165, 1.54) is 44.3 Å². The van der Waals surface area contributed by atoms with Gasteiger partial charge in [-0.2, -0.15) is 5.26 Å². The maximum Gasteiger partial charge on any atom is 0.338 e. The Balaban J connectivity index is 1.61. The molecule has 4 aromatic rings. The van der Waals surface area contributed by atoms with Crippen molar-refractivity contribution >= 4 is 39.3 Å². The molecule has 13 heteroatoms. The van der Waals surface area contributed by atoms with Crippen LogP contribution in [0, 0.1) is 11.3 Å². The van der Waals surface area contributed by atoms with Crippen molar-refractivity contribution in [3.63, 3.8) is 0 Å². The zero-order chi connectivity index (χ0) is 34.5. The maximum absolute atomic E-state index is 14.2. The van der Waals surface area contributed by atoms with Crippen molar-refractivity contribution < 1.29 is 33.2 Å². The lowest BCUT2D eigenvalue weighted by Crippen LogP contribution is -2.40. The van der Waals surface area contributed by atoms with E-state index in [4.69, 9.17) is 33.7 Å². The number of methoxy groups -OCH3 is 4. The van der Waals surface area contributed by atoms with Crippen molar-refractivity contribution in [1.29, 1.82) is 5.26 Å². The van der Waals surface area contributed by atoms with Gasteiger partial charge in [-0.25, -0.2) is 9.79 Å². The number of ether oxygens (including phenoxy) is 6. The van der Waals surface area contributed by atoms with Gasteiger partial charge in [0.25, 0.3) is 5.56 Å². The second-order valence-corrected chi connectivity index (χ2v) is 12.3. The second kappa shape index (κ2) is 14.8. The number of esters is 1. The van der Waals surface area contributed by atoms with Gasteiger partial charge < -0.3 is 28.4 Å². The van der Waals surface area contributed by atoms with Crippen molar-refractivity contribution in [2.45, 2.75) is 26.5 Å². The Morgan fingerprint density at radius 3 is 2.23 bits per heavy atom. The average molecular weight is 735 g/mol. The number of hydrogen-bond donors (Lipinski definition) is 0. The monoisotopic (exact) mass is 733 g/mol. The molecule has 0 N–H and O–H groups in total. The molecule has 248 valence electrons. The van der Waals surface area contributed by atoms with E-state index in [0.29, 0.717) is 64.9 Å². The van der Waals surface area contributed by atoms with Crippen LogP contribution in [0.1, 0.15) is 42.1 Å². The summed E-state index contributed by atoms with van der Waals surface area (Å²) in [5.74, 6) is 1.45. The number of halogens is 1. The standard InChI is InChI=1S/C35H32BrN3O8S/c1-7-46-34(41)29-19(2)38-35-39(30(29)23-15-26(43-4)32(45-6)27(16-23)44-5)33(40)28(48-35)14-22-12-24(36)31(25(13-22)42-3)47-18-21-10-8-20(17-37)9-11-21/h8-16,30H,7,18H2,1-6H3/b28-14+/t30-/m1/s1. The fourth-order valence-corrected chi connectivity index (χ4v) is 6.93. The number of nitrogens with zero attached hydrogens (tertiary/aromatic N) is 3. The van der Waals surface area contributed by atoms with Gasteiger partial charge in [0.15, 0.2) is 27.8 Å². The summed E-state index contributed by atoms with van der Waals surface area (Å²) < 4.78 is 36.3. The fraction of sp³-hybridized carbons (Fsp3) is 0.257. The molecular weight excluding hydrogens is 702 g/mol. The van der Waals surface area contributed by atoms with Crippen molar-refractivity contribution in [1.82, 2.24) is 4.57 Å². The van der Waals surface area contributed by atoms with E-state index < -0.39 is 12.0 Å². The molecule has 3 aromatic carbocycles. The Hall–Kier alpha value is -5.06. The number of nitriles is 1. The normalized spacial score (nSPS) is 14.0. The van der Waals surface area contributed by atoms with Gasteiger partial charge in [0.1, 0.15) is 6.61 Å². The fourth-order valence-electron chi connectivity index (χ4n) is 5.31. The van der Waals surface area contributed by atoms with Crippen molar-refractivity contribution in [2.24, 2.45) is 4.99 Å². The molecule has 0 saturated heterocycles. The van der Waals surface area contributed by atoms with Crippen LogP contribution in [-0.2, 0) is 16.1 Å². The highest BCUT2D eigenvalue weighted by molar-refractivity contribution is 9.10. The van der Waals surface area contributed by atoms with Crippen LogP contribution in [0.25, 0.3) is 6.08 Å². The molecule has 0 fully saturated rings. The van der Waals surface area contributed by atoms with Crippen LogP contribution in [-0.4, -0.2) is 45.6 Å². The van der Waals surface area contributed by atoms with Gasteiger partial charge in [-0.15, -0.1) is 0 Å². The van der Waals surface area contributed by atoms with Crippen LogP contribution in [0.5, 0.6) is 28.7 Å². The van der Waals surface area contributed by atoms with E-state index in [0.717, 1.165) is 5.56 Å². The van der Waals surface area contributed by atoms with Crippen molar-refractivity contribution in [3.05, 3.63) is 106 Å². The number of thiazole rings is 1. The zero-order valence-electron chi connectivity index (χ0n) is 27.1. The lowest BCUT2D eigenvalue weighted by atomic mass is 9.95. The predicted octanol–water partition coefficient (Wildman–Crippen LogP) is 5.05. The molecule has 0 saturated carbocycles. The van der Waals surface area contributed by atoms with E-state index in [1.54, 1.807) is 50.3 Å². The van der Waals surface area contributed by atoms with E-state index in [1.807, 2.05) is 18.2 Å². The summed E-state index contributed by atoms with van der Waals surface area (Å²) in [5.41, 5.74) is 2.94. The Morgan fingerprint density at radius 2 is 1.65 bits per heavy atom. The number of rotatable bonds is 11. The molecule has 0 spiro atoms. The van der Waals surface area contributed by atoms with Gasteiger partial charge in [-0.1, -0.05) is 23.5 Å². The lowest BCUT2D eigenvalue weighted by Gasteiger charge is -2.26. The molecule has 11 nitrogen and oxygen atoms in total. The second-order valence-electron chi connectivity index (χ2n) is 10.4. The number of benzene rings is 3. The van der Waals surface area contributed by atoms with Gasteiger partial charge in [-0.3, -0.25) is 9.36 Å². The van der Waals surface area contributed by atoms with Crippen LogP contribution in [0.2, 0.25) is 0 Å². The molecule has 1 aliphatic heterocycles. The molecular formula is C35H32BrN3O8S. The molecule has 1 atom stereocenters. The Kier molecular flexibility index (Phi) is 10.6. The molecule has 5 rings (SSSR count). The molecule has 0 radical (unpaired) electrons. The Morgan fingerprint density at radius 1 is 1.00 bits per heavy atom. The smallest absolute Gasteiger partial charge is 0.338 e. The molecule has 0 unspecified atom stereocenters. The first-order valence-corrected chi connectivity index (χ1v) is 16.3. The Labute approximate surface area is 289 Å². The van der Waals surface area contributed by atoms with E-state index in [-0.39, 0.29) is 24.3 Å². The van der Waals surface area contributed by atoms with Gasteiger partial charge in [-0.05, 0) is 88.9 Å². The van der Waals surface area contributed by atoms with Gasteiger partial charge in [0.05, 0.1) is 73.0 Å². The van der Waals surface area contributed by atoms with Gasteiger partial charge in [0.2, 0.25) is 5.75 Å². The van der Waals surface area contributed by atoms with Crippen LogP contribution in [0.4, 0.5) is 0 Å². The summed E-state index contributed by atoms with van der Waals surface area (Å²) in [4.78, 5) is 32.6. The first-order valence-electron chi connectivity index (χ1n) is 14.7. The molecule has 1 aliphatic rings. The highest BCUT2D eigenvalue weighted by Crippen LogP contribution is 2.42. The lowest BCUT2D eigenvalue weighted by molar-refractivity contribution is -0.139. The van der Waals surface area contributed by atoms with Gasteiger partial charge in [0, 0.05) is 0 Å². The Bertz CT molecular complexity index is 2110. The number of carbonyl (C=O) groups is 1. The van der Waals surface area contributed by atoms with Crippen LogP contribution in [0.3, 0.4) is 0 Å². The molecule has 0 aliphatic carbocycles. The molecule has 1 aromatic heterocycles. The zero-order valence-corrected chi connectivity index (χ0v) is 29.5. The minimum Gasteiger partial charge on any atom is -0.493 e. The number of carbonyl (C=O) groups excluding carboxylic acids is 1. The molecule has 48 heavy (non-hydrogen) atoms. The average Bonchev–Trinajstić information content (AvgIpc) is 3.39. The number of fused-ring (bicyclic) bond motifs is 1. The third-order valence-corrected chi connectivity index (χ3v) is 9.11. The topological polar surface area (TPSA) is 131 Å². The third-order valence-electron chi connectivity index (χ3n) is 7.54. The highest BCUT2D eigenvalue weighted by Gasteiger charge is 2.34. The van der Waals surface area contributed by atoms with Crippen molar-refractivity contribution in [2.75, 3.05) is 35.0 Å². The maximum atomic E-state index is 14.2. The van der Waals surface area contributed by atoms with Crippen LogP contribution >= 0.6 is 27.3 Å². The van der Waals surface area contributed by atoms with Crippen molar-refractivity contribution in [3.8, 4) is 34.8 Å². The summed E-state index contributed by atoms with van der Waals surface area (Å²) >= 11 is 4.78. The SMILES string of the molecule is CCOC(=O)C1=C(C)N=c2s/c(=C/c3cc(Br)c(OCc4ccc(C#N)cc4)c(OC)c3)c(=O)n2[C@@H]1c1cc(OC)c(OC)c(OC)c1. The highest BCUT2D eigenvalue weighted by atomic mass is 79.9. The van der Waals surface area contributed by atoms with Gasteiger partial charge >= 0.3 is 5.97 Å². The number of aromatic nitrogens is 1. The minimum absolute atomic E-state index is 0.145. The summed E-state index contributed by atoms with van der Waals surface area (Å²) in [5, 5.41) is 9.06. The van der Waals surface area contributed by atoms with Crippen LogP contribution < -0.4 is 38.6 Å². The first-order chi connectivity index (χ1) is 23.2. The predicted molar refractivity (Wildman–Crippen MR) is 183 cm³/mol. The molecule has 2 heterocycles. The largest absolute Gasteiger partial charge is 0.493 e. The first kappa shape index (κ1) is 34.3. The quantitative estimate of drug-likeness (QED) is 0.195. The summed E-state index contributed by atoms with van der Waals surface area (Å²) in [6.07, 6.45) is 1.73.